The van der Waals surface area contributed by atoms with E-state index in [0.717, 1.165) is 12.8 Å². The zero-order valence-electron chi connectivity index (χ0n) is 22.4. The van der Waals surface area contributed by atoms with Crippen LogP contribution in [-0.2, 0) is 9.59 Å². The minimum absolute atomic E-state index is 0.0188. The highest BCUT2D eigenvalue weighted by Crippen LogP contribution is 2.23. The van der Waals surface area contributed by atoms with Crippen LogP contribution in [0.1, 0.15) is 72.1 Å². The molecule has 0 spiro atoms. The molecule has 0 radical (unpaired) electrons. The first-order valence-corrected chi connectivity index (χ1v) is 13.9. The van der Waals surface area contributed by atoms with Gasteiger partial charge in [-0.25, -0.2) is 4.79 Å². The molecule has 1 heterocycles. The summed E-state index contributed by atoms with van der Waals surface area (Å²) in [5.41, 5.74) is 1.56. The molecule has 0 bridgehead atoms. The van der Waals surface area contributed by atoms with E-state index in [4.69, 9.17) is 21.5 Å². The number of aliphatic carboxylic acids is 1. The number of piperidine rings is 1. The third-order valence-electron chi connectivity index (χ3n) is 7.11. The number of likely N-dealkylation sites (tertiary alicyclic amines) is 1. The fourth-order valence-corrected chi connectivity index (χ4v) is 5.03. The van der Waals surface area contributed by atoms with Crippen LogP contribution in [0.5, 0.6) is 0 Å². The zero-order chi connectivity index (χ0) is 30.0. The van der Waals surface area contributed by atoms with Gasteiger partial charge < -0.3 is 20.6 Å². The molecule has 8 nitrogen and oxygen atoms in total. The SMILES string of the molecule is O=C(Nc1ccc(C(=O)N2CCC(C(=O)NC3CCCCCC3)CC2)cc1)c1ccccc1Cl.O=C(O)C(F)(F)F. The highest BCUT2D eigenvalue weighted by Gasteiger charge is 2.38. The molecular weight excluding hydrogens is 563 g/mol. The normalized spacial score (nSPS) is 16.5. The minimum atomic E-state index is -5.08. The molecule has 2 fully saturated rings. The number of carbonyl (C=O) groups excluding carboxylic acids is 3. The van der Waals surface area contributed by atoms with Gasteiger partial charge in [-0.15, -0.1) is 0 Å². The molecule has 0 atom stereocenters. The summed E-state index contributed by atoms with van der Waals surface area (Å²) < 4.78 is 31.7. The molecule has 1 aliphatic carbocycles. The Morgan fingerprint density at radius 2 is 1.41 bits per heavy atom. The number of benzene rings is 2. The van der Waals surface area contributed by atoms with Gasteiger partial charge in [-0.3, -0.25) is 14.4 Å². The fourth-order valence-electron chi connectivity index (χ4n) is 4.81. The molecule has 1 saturated heterocycles. The van der Waals surface area contributed by atoms with Crippen molar-refractivity contribution in [1.29, 1.82) is 0 Å². The van der Waals surface area contributed by atoms with Gasteiger partial charge >= 0.3 is 12.1 Å². The van der Waals surface area contributed by atoms with Gasteiger partial charge in [-0.05, 0) is 62.1 Å². The summed E-state index contributed by atoms with van der Waals surface area (Å²) in [6, 6.07) is 14.0. The summed E-state index contributed by atoms with van der Waals surface area (Å²) in [6.07, 6.45) is 3.38. The number of carboxylic acid groups (broad SMARTS) is 1. The highest BCUT2D eigenvalue weighted by molar-refractivity contribution is 6.34. The van der Waals surface area contributed by atoms with Crippen LogP contribution in [0.3, 0.4) is 0 Å². The Morgan fingerprint density at radius 1 is 0.854 bits per heavy atom. The van der Waals surface area contributed by atoms with Crippen LogP contribution >= 0.6 is 11.6 Å². The Labute approximate surface area is 241 Å². The number of nitrogens with one attached hydrogen (secondary N) is 2. The predicted octanol–water partition coefficient (Wildman–Crippen LogP) is 5.92. The first-order valence-electron chi connectivity index (χ1n) is 13.5. The molecule has 2 aliphatic rings. The number of hydrogen-bond acceptors (Lipinski definition) is 4. The van der Waals surface area contributed by atoms with Gasteiger partial charge in [-0.1, -0.05) is 49.4 Å². The second-order valence-electron chi connectivity index (χ2n) is 10.1. The van der Waals surface area contributed by atoms with Gasteiger partial charge in [0.1, 0.15) is 0 Å². The van der Waals surface area contributed by atoms with E-state index in [-0.39, 0.29) is 23.6 Å². The second-order valence-corrected chi connectivity index (χ2v) is 10.5. The second kappa shape index (κ2) is 14.9. The summed E-state index contributed by atoms with van der Waals surface area (Å²) in [4.78, 5) is 48.8. The number of carboxylic acids is 1. The van der Waals surface area contributed by atoms with Gasteiger partial charge in [0.15, 0.2) is 0 Å². The molecule has 41 heavy (non-hydrogen) atoms. The smallest absolute Gasteiger partial charge is 0.475 e. The van der Waals surface area contributed by atoms with Crippen LogP contribution in [-0.4, -0.2) is 59.0 Å². The molecule has 1 saturated carbocycles. The van der Waals surface area contributed by atoms with Crippen molar-refractivity contribution in [2.24, 2.45) is 5.92 Å². The first-order chi connectivity index (χ1) is 19.5. The predicted molar refractivity (Wildman–Crippen MR) is 148 cm³/mol. The molecule has 0 unspecified atom stereocenters. The Hall–Kier alpha value is -3.60. The van der Waals surface area contributed by atoms with E-state index in [1.807, 2.05) is 4.90 Å². The summed E-state index contributed by atoms with van der Waals surface area (Å²) in [5, 5.41) is 13.6. The molecule has 4 rings (SSSR count). The Bertz CT molecular complexity index is 1210. The number of rotatable bonds is 5. The van der Waals surface area contributed by atoms with Crippen LogP contribution in [0, 0.1) is 5.92 Å². The van der Waals surface area contributed by atoms with Gasteiger partial charge in [0, 0.05) is 36.3 Å². The van der Waals surface area contributed by atoms with Crippen molar-refractivity contribution in [1.82, 2.24) is 10.2 Å². The minimum Gasteiger partial charge on any atom is -0.475 e. The summed E-state index contributed by atoms with van der Waals surface area (Å²) in [5.74, 6) is -2.97. The van der Waals surface area contributed by atoms with Gasteiger partial charge in [0.25, 0.3) is 11.8 Å². The number of alkyl halides is 3. The molecule has 1 aliphatic heterocycles. The Balaban J connectivity index is 0.000000587. The lowest BCUT2D eigenvalue weighted by atomic mass is 9.94. The monoisotopic (exact) mass is 595 g/mol. The number of nitrogens with zero attached hydrogens (tertiary/aromatic N) is 1. The fraction of sp³-hybridized carbons (Fsp3) is 0.448. The third-order valence-corrected chi connectivity index (χ3v) is 7.43. The lowest BCUT2D eigenvalue weighted by Gasteiger charge is -2.32. The van der Waals surface area contributed by atoms with Crippen LogP contribution in [0.25, 0.3) is 0 Å². The number of anilines is 1. The van der Waals surface area contributed by atoms with Gasteiger partial charge in [-0.2, -0.15) is 13.2 Å². The van der Waals surface area contributed by atoms with E-state index in [1.54, 1.807) is 48.5 Å². The van der Waals surface area contributed by atoms with Crippen LogP contribution in [0.15, 0.2) is 48.5 Å². The van der Waals surface area contributed by atoms with E-state index in [2.05, 4.69) is 10.6 Å². The maximum Gasteiger partial charge on any atom is 0.490 e. The summed E-state index contributed by atoms with van der Waals surface area (Å²) >= 11 is 6.09. The summed E-state index contributed by atoms with van der Waals surface area (Å²) in [7, 11) is 0. The molecule has 2 aromatic carbocycles. The molecule has 3 amide bonds. The van der Waals surface area contributed by atoms with Crippen LogP contribution in [0.2, 0.25) is 5.02 Å². The van der Waals surface area contributed by atoms with E-state index < -0.39 is 12.1 Å². The van der Waals surface area contributed by atoms with Crippen LogP contribution < -0.4 is 10.6 Å². The van der Waals surface area contributed by atoms with Crippen molar-refractivity contribution < 1.29 is 37.5 Å². The van der Waals surface area contributed by atoms with E-state index in [1.165, 1.54) is 25.7 Å². The average Bonchev–Trinajstić information content (AvgIpc) is 3.22. The molecule has 222 valence electrons. The Kier molecular flexibility index (Phi) is 11.6. The lowest BCUT2D eigenvalue weighted by molar-refractivity contribution is -0.192. The number of carbonyl (C=O) groups is 4. The zero-order valence-corrected chi connectivity index (χ0v) is 23.1. The Morgan fingerprint density at radius 3 is 1.95 bits per heavy atom. The van der Waals surface area contributed by atoms with Crippen molar-refractivity contribution >= 4 is 41.0 Å². The van der Waals surface area contributed by atoms with Crippen molar-refractivity contribution in [3.63, 3.8) is 0 Å². The topological polar surface area (TPSA) is 116 Å². The van der Waals surface area contributed by atoms with Crippen molar-refractivity contribution in [3.8, 4) is 0 Å². The molecule has 12 heteroatoms. The highest BCUT2D eigenvalue weighted by atomic mass is 35.5. The van der Waals surface area contributed by atoms with E-state index in [0.29, 0.717) is 53.8 Å². The molecule has 2 aromatic rings. The maximum absolute atomic E-state index is 13.0. The van der Waals surface area contributed by atoms with Crippen molar-refractivity contribution in [2.75, 3.05) is 18.4 Å². The largest absolute Gasteiger partial charge is 0.490 e. The van der Waals surface area contributed by atoms with Crippen molar-refractivity contribution in [3.05, 3.63) is 64.7 Å². The van der Waals surface area contributed by atoms with Crippen molar-refractivity contribution in [2.45, 2.75) is 63.6 Å². The third kappa shape index (κ3) is 9.77. The standard InChI is InChI=1S/C27H32ClN3O3.C2HF3O2/c28-24-10-6-5-9-23(24)26(33)30-22-13-11-20(12-14-22)27(34)31-17-15-19(16-18-31)25(32)29-21-7-3-1-2-4-8-21;3-2(4,5)1(6)7/h5-6,9-14,19,21H,1-4,7-8,15-18H2,(H,29,32)(H,30,33);(H,6,7). The van der Waals surface area contributed by atoms with Gasteiger partial charge in [0.2, 0.25) is 5.91 Å². The number of hydrogen-bond donors (Lipinski definition) is 3. The lowest BCUT2D eigenvalue weighted by Crippen LogP contribution is -2.45. The van der Waals surface area contributed by atoms with Gasteiger partial charge in [0.05, 0.1) is 10.6 Å². The number of amides is 3. The molecule has 3 N–H and O–H groups in total. The van der Waals surface area contributed by atoms with E-state index in [9.17, 15) is 27.6 Å². The summed E-state index contributed by atoms with van der Waals surface area (Å²) in [6.45, 7) is 1.15. The molecular formula is C29H33ClF3N3O5. The number of halogens is 4. The first kappa shape index (κ1) is 31.9. The molecule has 0 aromatic heterocycles. The average molecular weight is 596 g/mol. The maximum atomic E-state index is 13.0. The quantitative estimate of drug-likeness (QED) is 0.371. The van der Waals surface area contributed by atoms with E-state index >= 15 is 0 Å². The van der Waals surface area contributed by atoms with Crippen LogP contribution in [0.4, 0.5) is 18.9 Å².